The molecular weight excluding hydrogens is 176 g/mol. The second-order valence-electron chi connectivity index (χ2n) is 2.76. The van der Waals surface area contributed by atoms with E-state index in [1.807, 2.05) is 0 Å². The van der Waals surface area contributed by atoms with E-state index in [9.17, 15) is 10.2 Å². The van der Waals surface area contributed by atoms with Crippen molar-refractivity contribution in [2.24, 2.45) is 0 Å². The average Bonchev–Trinajstić information content (AvgIpc) is 1.82. The van der Waals surface area contributed by atoms with Crippen LogP contribution in [0.3, 0.4) is 0 Å². The predicted octanol–water partition coefficient (Wildman–Crippen LogP) is 0.408. The Morgan fingerprint density at radius 2 is 1.23 bits per heavy atom. The highest BCUT2D eigenvalue weighted by Gasteiger charge is 2.34. The van der Waals surface area contributed by atoms with E-state index in [-0.39, 0.29) is 13.2 Å². The molecule has 0 saturated carbocycles. The molecule has 0 bridgehead atoms. The molecule has 0 aromatic rings. The lowest BCUT2D eigenvalue weighted by atomic mass is 10.5. The van der Waals surface area contributed by atoms with Crippen LogP contribution < -0.4 is 0 Å². The number of hydrogen-bond donors (Lipinski definition) is 2. The van der Waals surface area contributed by atoms with Gasteiger partial charge >= 0.3 is 0 Å². The van der Waals surface area contributed by atoms with Crippen molar-refractivity contribution in [1.29, 1.82) is 0 Å². The van der Waals surface area contributed by atoms with Crippen molar-refractivity contribution in [3.8, 4) is 0 Å². The van der Waals surface area contributed by atoms with Crippen LogP contribution in [-0.4, -0.2) is 35.4 Å². The van der Waals surface area contributed by atoms with E-state index in [1.54, 1.807) is 13.8 Å². The zero-order valence-electron chi connectivity index (χ0n) is 8.53. The summed E-state index contributed by atoms with van der Waals surface area (Å²) in [5, 5.41) is 18.8. The van der Waals surface area contributed by atoms with Gasteiger partial charge in [0.05, 0.1) is 0 Å². The zero-order chi connectivity index (χ0) is 10.5. The molecule has 0 spiro atoms. The van der Waals surface area contributed by atoms with Crippen molar-refractivity contribution in [1.82, 2.24) is 0 Å². The van der Waals surface area contributed by atoms with Gasteiger partial charge in [-0.25, -0.2) is 0 Å². The van der Waals surface area contributed by atoms with Crippen LogP contribution in [-0.2, 0) is 14.2 Å². The third-order valence-corrected chi connectivity index (χ3v) is 1.20. The van der Waals surface area contributed by atoms with Crippen LogP contribution in [0.25, 0.3) is 0 Å². The minimum absolute atomic E-state index is 0.273. The van der Waals surface area contributed by atoms with Crippen molar-refractivity contribution >= 4 is 0 Å². The van der Waals surface area contributed by atoms with Gasteiger partial charge in [0.2, 0.25) is 0 Å². The molecule has 0 aliphatic heterocycles. The summed E-state index contributed by atoms with van der Waals surface area (Å²) in [6.45, 7) is 6.51. The van der Waals surface area contributed by atoms with Gasteiger partial charge in [0.15, 0.2) is 0 Å². The summed E-state index contributed by atoms with van der Waals surface area (Å²) in [4.78, 5) is 0. The monoisotopic (exact) mass is 194 g/mol. The summed E-state index contributed by atoms with van der Waals surface area (Å²) in [5.74, 6) is -3.68. The fraction of sp³-hybridized carbons (Fsp3) is 1.00. The average molecular weight is 194 g/mol. The molecule has 0 heterocycles. The molecule has 0 amide bonds. The van der Waals surface area contributed by atoms with Gasteiger partial charge in [-0.1, -0.05) is 0 Å². The maximum atomic E-state index is 9.39. The molecular formula is C8H18O5. The van der Waals surface area contributed by atoms with Crippen LogP contribution in [0.2, 0.25) is 0 Å². The predicted molar refractivity (Wildman–Crippen MR) is 45.6 cm³/mol. The summed E-state index contributed by atoms with van der Waals surface area (Å²) in [7, 11) is 0. The highest BCUT2D eigenvalue weighted by molar-refractivity contribution is 4.49. The largest absolute Gasteiger partial charge is 0.343 e. The van der Waals surface area contributed by atoms with Crippen LogP contribution in [0.4, 0.5) is 0 Å². The van der Waals surface area contributed by atoms with Crippen LogP contribution in [0.5, 0.6) is 0 Å². The smallest absolute Gasteiger partial charge is 0.281 e. The fourth-order valence-corrected chi connectivity index (χ4v) is 0.946. The van der Waals surface area contributed by atoms with Crippen LogP contribution >= 0.6 is 0 Å². The minimum Gasteiger partial charge on any atom is -0.343 e. The number of aliphatic hydroxyl groups is 2. The summed E-state index contributed by atoms with van der Waals surface area (Å²) < 4.78 is 14.4. The molecule has 80 valence electrons. The first-order chi connectivity index (χ1) is 5.83. The molecule has 2 N–H and O–H groups in total. The standard InChI is InChI=1S/C8H18O5/c1-5-11-7(3,9)13-8(4,10)12-6-2/h9-10H,5-6H2,1-4H3. The lowest BCUT2D eigenvalue weighted by Gasteiger charge is -2.31. The Morgan fingerprint density at radius 3 is 1.46 bits per heavy atom. The van der Waals surface area contributed by atoms with E-state index < -0.39 is 11.9 Å². The Kier molecular flexibility index (Phi) is 4.80. The Hall–Kier alpha value is -0.200. The molecule has 0 aromatic carbocycles. The van der Waals surface area contributed by atoms with Crippen LogP contribution in [0.1, 0.15) is 27.7 Å². The maximum Gasteiger partial charge on any atom is 0.281 e. The highest BCUT2D eigenvalue weighted by atomic mass is 16.9. The Labute approximate surface area is 78.2 Å². The summed E-state index contributed by atoms with van der Waals surface area (Å²) in [6.07, 6.45) is 0. The van der Waals surface area contributed by atoms with Gasteiger partial charge in [-0.05, 0) is 13.8 Å². The second-order valence-corrected chi connectivity index (χ2v) is 2.76. The zero-order valence-corrected chi connectivity index (χ0v) is 8.53. The fourth-order valence-electron chi connectivity index (χ4n) is 0.946. The Morgan fingerprint density at radius 1 is 0.923 bits per heavy atom. The molecule has 0 saturated heterocycles. The van der Waals surface area contributed by atoms with Crippen molar-refractivity contribution < 1.29 is 24.4 Å². The van der Waals surface area contributed by atoms with Gasteiger partial charge in [-0.15, -0.1) is 0 Å². The molecule has 5 heteroatoms. The molecule has 0 fully saturated rings. The van der Waals surface area contributed by atoms with Gasteiger partial charge in [0.25, 0.3) is 11.9 Å². The maximum absolute atomic E-state index is 9.39. The van der Waals surface area contributed by atoms with Gasteiger partial charge in [-0.3, -0.25) is 4.74 Å². The van der Waals surface area contributed by atoms with Crippen molar-refractivity contribution in [2.45, 2.75) is 39.6 Å². The van der Waals surface area contributed by atoms with Crippen LogP contribution in [0.15, 0.2) is 0 Å². The van der Waals surface area contributed by atoms with E-state index >= 15 is 0 Å². The molecule has 2 unspecified atom stereocenters. The first kappa shape index (κ1) is 12.8. The molecule has 0 radical (unpaired) electrons. The summed E-state index contributed by atoms with van der Waals surface area (Å²) in [5.41, 5.74) is 0. The first-order valence-corrected chi connectivity index (χ1v) is 4.26. The lowest BCUT2D eigenvalue weighted by molar-refractivity contribution is -0.474. The Balaban J connectivity index is 4.07. The van der Waals surface area contributed by atoms with Gasteiger partial charge in [-0.2, -0.15) is 0 Å². The molecule has 0 aromatic heterocycles. The minimum atomic E-state index is -1.84. The third-order valence-electron chi connectivity index (χ3n) is 1.20. The molecule has 0 aliphatic carbocycles. The number of ether oxygens (including phenoxy) is 3. The number of rotatable bonds is 6. The van der Waals surface area contributed by atoms with Crippen molar-refractivity contribution in [3.05, 3.63) is 0 Å². The molecule has 13 heavy (non-hydrogen) atoms. The second kappa shape index (κ2) is 4.88. The normalized spacial score (nSPS) is 20.8. The van der Waals surface area contributed by atoms with E-state index in [4.69, 9.17) is 14.2 Å². The van der Waals surface area contributed by atoms with E-state index in [0.717, 1.165) is 0 Å². The molecule has 0 rings (SSSR count). The lowest BCUT2D eigenvalue weighted by Crippen LogP contribution is -2.44. The molecule has 5 nitrogen and oxygen atoms in total. The quantitative estimate of drug-likeness (QED) is 0.599. The molecule has 2 atom stereocenters. The van der Waals surface area contributed by atoms with E-state index in [1.165, 1.54) is 13.8 Å². The third kappa shape index (κ3) is 5.95. The van der Waals surface area contributed by atoms with Crippen molar-refractivity contribution in [2.75, 3.05) is 13.2 Å². The van der Waals surface area contributed by atoms with Gasteiger partial charge < -0.3 is 19.7 Å². The van der Waals surface area contributed by atoms with Gasteiger partial charge in [0.1, 0.15) is 0 Å². The molecule has 0 aliphatic rings. The number of hydrogen-bond acceptors (Lipinski definition) is 5. The SMILES string of the molecule is CCOC(C)(O)OC(C)(O)OCC. The summed E-state index contributed by atoms with van der Waals surface area (Å²) in [6, 6.07) is 0. The highest BCUT2D eigenvalue weighted by Crippen LogP contribution is 2.18. The van der Waals surface area contributed by atoms with E-state index in [2.05, 4.69) is 0 Å². The first-order valence-electron chi connectivity index (χ1n) is 4.26. The Bertz CT molecular complexity index is 127. The van der Waals surface area contributed by atoms with Crippen molar-refractivity contribution in [3.63, 3.8) is 0 Å². The van der Waals surface area contributed by atoms with E-state index in [0.29, 0.717) is 0 Å². The topological polar surface area (TPSA) is 68.2 Å². The van der Waals surface area contributed by atoms with Crippen LogP contribution in [0, 0.1) is 0 Å². The summed E-state index contributed by atoms with van der Waals surface area (Å²) >= 11 is 0. The van der Waals surface area contributed by atoms with Gasteiger partial charge in [0, 0.05) is 27.1 Å².